The third-order valence-electron chi connectivity index (χ3n) is 3.24. The number of amidine groups is 1. The van der Waals surface area contributed by atoms with E-state index in [0.29, 0.717) is 0 Å². The highest BCUT2D eigenvalue weighted by Crippen LogP contribution is 2.19. The number of anilines is 1. The van der Waals surface area contributed by atoms with Crippen molar-refractivity contribution in [1.82, 2.24) is 9.55 Å². The third-order valence-corrected chi connectivity index (χ3v) is 3.24. The molecule has 5 heteroatoms. The topological polar surface area (TPSA) is 70.9 Å². The molecule has 1 heterocycles. The predicted molar refractivity (Wildman–Crippen MR) is 77.5 cm³/mol. The van der Waals surface area contributed by atoms with E-state index in [1.54, 1.807) is 6.20 Å². The summed E-state index contributed by atoms with van der Waals surface area (Å²) in [5.74, 6) is 1.12. The zero-order chi connectivity index (χ0) is 14.0. The van der Waals surface area contributed by atoms with Gasteiger partial charge in [0.05, 0.1) is 6.54 Å². The second-order valence-corrected chi connectivity index (χ2v) is 4.72. The van der Waals surface area contributed by atoms with Crippen LogP contribution < -0.4 is 10.6 Å². The van der Waals surface area contributed by atoms with Crippen LogP contribution in [0.1, 0.15) is 17.0 Å². The van der Waals surface area contributed by atoms with Crippen LogP contribution in [0.2, 0.25) is 0 Å². The summed E-state index contributed by atoms with van der Waals surface area (Å²) in [6.07, 6.45) is 3.74. The maximum absolute atomic E-state index is 7.49. The number of nitrogens with one attached hydrogen (secondary N) is 1. The molecule has 0 bridgehead atoms. The fourth-order valence-corrected chi connectivity index (χ4v) is 2.04. The van der Waals surface area contributed by atoms with Gasteiger partial charge in [-0.2, -0.15) is 0 Å². The monoisotopic (exact) mass is 257 g/mol. The van der Waals surface area contributed by atoms with Crippen LogP contribution in [0.5, 0.6) is 0 Å². The number of hydrogen-bond acceptors (Lipinski definition) is 3. The van der Waals surface area contributed by atoms with Crippen molar-refractivity contribution in [2.24, 2.45) is 12.8 Å². The zero-order valence-electron chi connectivity index (χ0n) is 11.5. The molecule has 0 amide bonds. The number of aromatic nitrogens is 2. The molecule has 5 nitrogen and oxygen atoms in total. The smallest absolute Gasteiger partial charge is 0.127 e. The van der Waals surface area contributed by atoms with Crippen molar-refractivity contribution >= 4 is 11.5 Å². The summed E-state index contributed by atoms with van der Waals surface area (Å²) in [6.45, 7) is 2.71. The number of rotatable bonds is 4. The molecule has 0 aliphatic carbocycles. The first kappa shape index (κ1) is 13.1. The second kappa shape index (κ2) is 5.14. The minimum atomic E-state index is 0.107. The molecule has 2 aromatic rings. The SMILES string of the molecule is Cc1cc(N(C)Cc2nccn2C)ccc1C(=N)N. The van der Waals surface area contributed by atoms with Crippen molar-refractivity contribution in [3.8, 4) is 0 Å². The Kier molecular flexibility index (Phi) is 3.55. The fraction of sp³-hybridized carbons (Fsp3) is 0.286. The number of hydrogen-bond donors (Lipinski definition) is 2. The zero-order valence-corrected chi connectivity index (χ0v) is 11.5. The first-order valence-electron chi connectivity index (χ1n) is 6.11. The molecule has 0 radical (unpaired) electrons. The summed E-state index contributed by atoms with van der Waals surface area (Å²) in [6, 6.07) is 5.91. The van der Waals surface area contributed by atoms with Crippen LogP contribution in [0.3, 0.4) is 0 Å². The first-order valence-corrected chi connectivity index (χ1v) is 6.11. The number of nitrogens with zero attached hydrogens (tertiary/aromatic N) is 3. The van der Waals surface area contributed by atoms with Gasteiger partial charge in [-0.3, -0.25) is 5.41 Å². The molecule has 0 atom stereocenters. The van der Waals surface area contributed by atoms with Crippen molar-refractivity contribution in [2.75, 3.05) is 11.9 Å². The van der Waals surface area contributed by atoms with Crippen molar-refractivity contribution in [3.63, 3.8) is 0 Å². The molecule has 0 unspecified atom stereocenters. The molecular weight excluding hydrogens is 238 g/mol. The molecule has 0 aliphatic rings. The normalized spacial score (nSPS) is 10.5. The minimum Gasteiger partial charge on any atom is -0.384 e. The summed E-state index contributed by atoms with van der Waals surface area (Å²) in [5, 5.41) is 7.49. The van der Waals surface area contributed by atoms with E-state index in [1.807, 2.05) is 50.0 Å². The van der Waals surface area contributed by atoms with Gasteiger partial charge in [0.1, 0.15) is 11.7 Å². The third kappa shape index (κ3) is 2.76. The van der Waals surface area contributed by atoms with Crippen LogP contribution >= 0.6 is 0 Å². The standard InChI is InChI=1S/C14H19N5/c1-10-8-11(4-5-12(10)14(15)16)19(3)9-13-17-6-7-18(13)2/h4-8H,9H2,1-3H3,(H3,15,16). The number of nitrogens with two attached hydrogens (primary N) is 1. The van der Waals surface area contributed by atoms with Gasteiger partial charge >= 0.3 is 0 Å². The van der Waals surface area contributed by atoms with Gasteiger partial charge in [-0.1, -0.05) is 0 Å². The Hall–Kier alpha value is -2.30. The Labute approximate surface area is 113 Å². The van der Waals surface area contributed by atoms with Crippen LogP contribution in [0.4, 0.5) is 5.69 Å². The van der Waals surface area contributed by atoms with Crippen LogP contribution in [0, 0.1) is 12.3 Å². The maximum atomic E-state index is 7.49. The van der Waals surface area contributed by atoms with E-state index >= 15 is 0 Å². The van der Waals surface area contributed by atoms with Gasteiger partial charge in [-0.05, 0) is 30.7 Å². The molecule has 1 aromatic heterocycles. The molecule has 0 saturated carbocycles. The van der Waals surface area contributed by atoms with Gasteiger partial charge in [0, 0.05) is 37.7 Å². The molecule has 3 N–H and O–H groups in total. The molecule has 19 heavy (non-hydrogen) atoms. The average Bonchev–Trinajstić information content (AvgIpc) is 2.74. The minimum absolute atomic E-state index is 0.107. The van der Waals surface area contributed by atoms with Gasteiger partial charge in [0.15, 0.2) is 0 Å². The van der Waals surface area contributed by atoms with Gasteiger partial charge in [0.2, 0.25) is 0 Å². The second-order valence-electron chi connectivity index (χ2n) is 4.72. The van der Waals surface area contributed by atoms with E-state index in [2.05, 4.69) is 9.88 Å². The molecule has 0 fully saturated rings. The van der Waals surface area contributed by atoms with Crippen LogP contribution in [0.25, 0.3) is 0 Å². The average molecular weight is 257 g/mol. The van der Waals surface area contributed by atoms with E-state index in [9.17, 15) is 0 Å². The summed E-state index contributed by atoms with van der Waals surface area (Å²) >= 11 is 0. The molecule has 0 saturated heterocycles. The molecule has 2 rings (SSSR count). The highest BCUT2D eigenvalue weighted by molar-refractivity contribution is 5.96. The van der Waals surface area contributed by atoms with Crippen LogP contribution in [0.15, 0.2) is 30.6 Å². The summed E-state index contributed by atoms with van der Waals surface area (Å²) in [5.41, 5.74) is 8.41. The Morgan fingerprint density at radius 1 is 1.47 bits per heavy atom. The van der Waals surface area contributed by atoms with Crippen molar-refractivity contribution in [3.05, 3.63) is 47.5 Å². The Bertz CT molecular complexity index is 600. The van der Waals surface area contributed by atoms with Crippen molar-refractivity contribution in [2.45, 2.75) is 13.5 Å². The van der Waals surface area contributed by atoms with Gasteiger partial charge in [-0.15, -0.1) is 0 Å². The van der Waals surface area contributed by atoms with Crippen molar-refractivity contribution in [1.29, 1.82) is 5.41 Å². The first-order chi connectivity index (χ1) is 8.99. The largest absolute Gasteiger partial charge is 0.384 e. The van der Waals surface area contributed by atoms with E-state index < -0.39 is 0 Å². The highest BCUT2D eigenvalue weighted by Gasteiger charge is 2.08. The predicted octanol–water partition coefficient (Wildman–Crippen LogP) is 1.65. The fourth-order valence-electron chi connectivity index (χ4n) is 2.04. The Balaban J connectivity index is 2.20. The summed E-state index contributed by atoms with van der Waals surface area (Å²) < 4.78 is 2.01. The number of nitrogen functional groups attached to an aromatic ring is 1. The van der Waals surface area contributed by atoms with E-state index in [1.165, 1.54) is 0 Å². The summed E-state index contributed by atoms with van der Waals surface area (Å²) in [7, 11) is 4.01. The molecular formula is C14H19N5. The van der Waals surface area contributed by atoms with Crippen molar-refractivity contribution < 1.29 is 0 Å². The molecule has 100 valence electrons. The number of imidazole rings is 1. The molecule has 0 aliphatic heterocycles. The quantitative estimate of drug-likeness (QED) is 0.646. The van der Waals surface area contributed by atoms with E-state index in [-0.39, 0.29) is 5.84 Å². The van der Waals surface area contributed by atoms with E-state index in [4.69, 9.17) is 11.1 Å². The number of benzene rings is 1. The number of aryl methyl sites for hydroxylation is 2. The Morgan fingerprint density at radius 2 is 2.21 bits per heavy atom. The van der Waals surface area contributed by atoms with Crippen LogP contribution in [-0.2, 0) is 13.6 Å². The van der Waals surface area contributed by atoms with Crippen LogP contribution in [-0.4, -0.2) is 22.4 Å². The lowest BCUT2D eigenvalue weighted by molar-refractivity contribution is 0.761. The lowest BCUT2D eigenvalue weighted by atomic mass is 10.1. The highest BCUT2D eigenvalue weighted by atomic mass is 15.2. The van der Waals surface area contributed by atoms with Gasteiger partial charge in [-0.25, -0.2) is 4.98 Å². The lowest BCUT2D eigenvalue weighted by Crippen LogP contribution is -2.20. The maximum Gasteiger partial charge on any atom is 0.127 e. The molecule has 1 aromatic carbocycles. The molecule has 0 spiro atoms. The van der Waals surface area contributed by atoms with Gasteiger partial charge < -0.3 is 15.2 Å². The summed E-state index contributed by atoms with van der Waals surface area (Å²) in [4.78, 5) is 6.44. The lowest BCUT2D eigenvalue weighted by Gasteiger charge is -2.20. The van der Waals surface area contributed by atoms with Gasteiger partial charge in [0.25, 0.3) is 0 Å². The Morgan fingerprint density at radius 3 is 2.74 bits per heavy atom. The van der Waals surface area contributed by atoms with E-state index in [0.717, 1.165) is 29.2 Å².